The number of anilines is 1. The summed E-state index contributed by atoms with van der Waals surface area (Å²) in [4.78, 5) is 39.0. The molecule has 214 valence electrons. The number of methoxy groups -OCH3 is 1. The van der Waals surface area contributed by atoms with Crippen molar-refractivity contribution in [2.45, 2.75) is 52.2 Å². The van der Waals surface area contributed by atoms with Crippen molar-refractivity contribution < 1.29 is 27.7 Å². The van der Waals surface area contributed by atoms with Crippen molar-refractivity contribution in [3.05, 3.63) is 62.1 Å². The van der Waals surface area contributed by atoms with Gasteiger partial charge in [-0.15, -0.1) is 0 Å². The van der Waals surface area contributed by atoms with Gasteiger partial charge in [0.2, 0.25) is 21.8 Å². The first-order valence-corrected chi connectivity index (χ1v) is 14.7. The predicted molar refractivity (Wildman–Crippen MR) is 151 cm³/mol. The molecule has 2 aromatic carbocycles. The Morgan fingerprint density at radius 2 is 1.74 bits per heavy atom. The lowest BCUT2D eigenvalue weighted by atomic mass is 10.1. The van der Waals surface area contributed by atoms with Gasteiger partial charge < -0.3 is 15.0 Å². The third-order valence-corrected chi connectivity index (χ3v) is 7.93. The zero-order valence-corrected chi connectivity index (χ0v) is 24.6. The van der Waals surface area contributed by atoms with Crippen LogP contribution < -0.4 is 14.4 Å². The number of sulfonamides is 1. The molecule has 2 atom stereocenters. The number of nitro benzene ring substituents is 1. The second-order valence-corrected chi connectivity index (χ2v) is 11.6. The zero-order chi connectivity index (χ0) is 29.5. The van der Waals surface area contributed by atoms with Crippen molar-refractivity contribution in [1.29, 1.82) is 0 Å². The van der Waals surface area contributed by atoms with Crippen LogP contribution in [0.1, 0.15) is 39.2 Å². The van der Waals surface area contributed by atoms with Gasteiger partial charge in [0.05, 0.1) is 18.3 Å². The minimum Gasteiger partial charge on any atom is -0.495 e. The third-order valence-electron chi connectivity index (χ3n) is 6.10. The summed E-state index contributed by atoms with van der Waals surface area (Å²) in [5, 5.41) is 14.8. The molecule has 0 aromatic heterocycles. The zero-order valence-electron chi connectivity index (χ0n) is 22.3. The molecule has 0 saturated heterocycles. The van der Waals surface area contributed by atoms with Crippen LogP contribution in [-0.2, 0) is 26.2 Å². The van der Waals surface area contributed by atoms with Crippen LogP contribution in [0.2, 0.25) is 10.0 Å². The van der Waals surface area contributed by atoms with Gasteiger partial charge >= 0.3 is 0 Å². The molecule has 14 heteroatoms. The van der Waals surface area contributed by atoms with Crippen LogP contribution in [0.15, 0.2) is 36.4 Å². The molecule has 1 N–H and O–H groups in total. The Balaban J connectivity index is 2.62. The highest BCUT2D eigenvalue weighted by molar-refractivity contribution is 7.92. The Morgan fingerprint density at radius 3 is 2.23 bits per heavy atom. The number of halogens is 2. The number of nitrogens with one attached hydrogen (secondary N) is 1. The molecule has 0 aliphatic carbocycles. The second-order valence-electron chi connectivity index (χ2n) is 8.85. The summed E-state index contributed by atoms with van der Waals surface area (Å²) in [6, 6.07) is 7.04. The molecular formula is C25H32Cl2N4O7S. The van der Waals surface area contributed by atoms with Gasteiger partial charge in [0.1, 0.15) is 24.0 Å². The number of nitro groups is 1. The monoisotopic (exact) mass is 602 g/mol. The average molecular weight is 604 g/mol. The minimum absolute atomic E-state index is 0.000999. The number of hydrogen-bond acceptors (Lipinski definition) is 7. The molecule has 39 heavy (non-hydrogen) atoms. The maximum absolute atomic E-state index is 13.9. The van der Waals surface area contributed by atoms with Crippen LogP contribution in [0.25, 0.3) is 0 Å². The predicted octanol–water partition coefficient (Wildman–Crippen LogP) is 4.40. The maximum Gasteiger partial charge on any atom is 0.271 e. The number of carbonyl (C=O) groups excluding carboxylic acids is 2. The fourth-order valence-electron chi connectivity index (χ4n) is 3.80. The summed E-state index contributed by atoms with van der Waals surface area (Å²) in [5.41, 5.74) is -0.218. The molecule has 0 unspecified atom stereocenters. The second kappa shape index (κ2) is 13.8. The van der Waals surface area contributed by atoms with Gasteiger partial charge in [-0.3, -0.25) is 24.0 Å². The van der Waals surface area contributed by atoms with Crippen LogP contribution >= 0.6 is 23.2 Å². The Hall–Kier alpha value is -3.09. The lowest BCUT2D eigenvalue weighted by Crippen LogP contribution is -2.53. The summed E-state index contributed by atoms with van der Waals surface area (Å²) < 4.78 is 31.7. The Morgan fingerprint density at radius 1 is 1.13 bits per heavy atom. The molecule has 0 radical (unpaired) electrons. The van der Waals surface area contributed by atoms with Gasteiger partial charge in [-0.25, -0.2) is 8.42 Å². The fourth-order valence-corrected chi connectivity index (χ4v) is 5.16. The Labute approximate surface area is 238 Å². The number of rotatable bonds is 13. The van der Waals surface area contributed by atoms with Crippen molar-refractivity contribution in [1.82, 2.24) is 10.2 Å². The minimum atomic E-state index is -4.16. The van der Waals surface area contributed by atoms with Gasteiger partial charge in [0.15, 0.2) is 0 Å². The SMILES string of the molecule is CC[C@@H](C)NC(=O)[C@@H](CC)N(Cc1c(Cl)cccc1Cl)C(=O)CN(c1cc([N+](=O)[O-])ccc1OC)S(C)(=O)=O. The molecule has 0 aliphatic rings. The van der Waals surface area contributed by atoms with Gasteiger partial charge in [-0.1, -0.05) is 43.1 Å². The van der Waals surface area contributed by atoms with Crippen LogP contribution in [0.3, 0.4) is 0 Å². The number of nitrogens with zero attached hydrogens (tertiary/aromatic N) is 3. The summed E-state index contributed by atoms with van der Waals surface area (Å²) >= 11 is 12.7. The Kier molecular flexibility index (Phi) is 11.4. The van der Waals surface area contributed by atoms with Gasteiger partial charge in [-0.05, 0) is 38.0 Å². The van der Waals surface area contributed by atoms with Crippen LogP contribution in [-0.4, -0.2) is 62.0 Å². The topological polar surface area (TPSA) is 139 Å². The standard InChI is InChI=1S/C25H32Cl2N4O7S/c1-6-16(3)28-25(33)21(7-2)29(14-18-19(26)9-8-10-20(18)27)24(32)15-30(39(5,36)37)22-13-17(31(34)35)11-12-23(22)38-4/h8-13,16,21H,6-7,14-15H2,1-5H3,(H,28,33)/t16-,21-/m1/s1. The first-order chi connectivity index (χ1) is 18.2. The number of benzene rings is 2. The van der Waals surface area contributed by atoms with Crippen LogP contribution in [0.5, 0.6) is 5.75 Å². The molecule has 0 aliphatic heterocycles. The first-order valence-electron chi connectivity index (χ1n) is 12.1. The number of ether oxygens (including phenoxy) is 1. The van der Waals surface area contributed by atoms with E-state index in [1.807, 2.05) is 13.8 Å². The molecule has 0 bridgehead atoms. The van der Waals surface area contributed by atoms with Crippen LogP contribution in [0.4, 0.5) is 11.4 Å². The largest absolute Gasteiger partial charge is 0.495 e. The third kappa shape index (κ3) is 8.20. The maximum atomic E-state index is 13.9. The van der Waals surface area contributed by atoms with Crippen molar-refractivity contribution in [3.63, 3.8) is 0 Å². The highest BCUT2D eigenvalue weighted by atomic mass is 35.5. The van der Waals surface area contributed by atoms with Crippen molar-refractivity contribution in [2.24, 2.45) is 0 Å². The van der Waals surface area contributed by atoms with Gasteiger partial charge in [0.25, 0.3) is 5.69 Å². The van der Waals surface area contributed by atoms with E-state index in [-0.39, 0.29) is 40.5 Å². The van der Waals surface area contributed by atoms with Crippen molar-refractivity contribution in [3.8, 4) is 5.75 Å². The van der Waals surface area contributed by atoms with E-state index < -0.39 is 45.0 Å². The lowest BCUT2D eigenvalue weighted by Gasteiger charge is -2.34. The quantitative estimate of drug-likeness (QED) is 0.265. The average Bonchev–Trinajstić information content (AvgIpc) is 2.87. The first kappa shape index (κ1) is 32.1. The fraction of sp³-hybridized carbons (Fsp3) is 0.440. The summed E-state index contributed by atoms with van der Waals surface area (Å²) in [7, 11) is -2.89. The molecule has 2 amide bonds. The van der Waals surface area contributed by atoms with E-state index >= 15 is 0 Å². The number of amides is 2. The molecule has 11 nitrogen and oxygen atoms in total. The molecular weight excluding hydrogens is 571 g/mol. The van der Waals surface area contributed by atoms with Gasteiger partial charge in [-0.2, -0.15) is 0 Å². The molecule has 0 heterocycles. The Bertz CT molecular complexity index is 1300. The van der Waals surface area contributed by atoms with E-state index in [9.17, 15) is 28.1 Å². The molecule has 2 aromatic rings. The lowest BCUT2D eigenvalue weighted by molar-refractivity contribution is -0.384. The van der Waals surface area contributed by atoms with E-state index in [2.05, 4.69) is 5.32 Å². The van der Waals surface area contributed by atoms with E-state index in [1.54, 1.807) is 25.1 Å². The smallest absolute Gasteiger partial charge is 0.271 e. The van der Waals surface area contributed by atoms with Crippen LogP contribution in [0, 0.1) is 10.1 Å². The van der Waals surface area contributed by atoms with Gasteiger partial charge in [0, 0.05) is 40.3 Å². The van der Waals surface area contributed by atoms with E-state index in [0.717, 1.165) is 18.4 Å². The molecule has 0 spiro atoms. The highest BCUT2D eigenvalue weighted by Crippen LogP contribution is 2.34. The van der Waals surface area contributed by atoms with E-state index in [0.29, 0.717) is 16.3 Å². The summed E-state index contributed by atoms with van der Waals surface area (Å²) in [6.45, 7) is 4.47. The summed E-state index contributed by atoms with van der Waals surface area (Å²) in [5.74, 6) is -1.18. The highest BCUT2D eigenvalue weighted by Gasteiger charge is 2.34. The normalized spacial score (nSPS) is 12.8. The van der Waals surface area contributed by atoms with Crippen molar-refractivity contribution >= 4 is 56.4 Å². The number of hydrogen-bond donors (Lipinski definition) is 1. The number of carbonyl (C=O) groups is 2. The van der Waals surface area contributed by atoms with E-state index in [1.165, 1.54) is 18.1 Å². The number of non-ortho nitro benzene ring substituents is 1. The molecule has 2 rings (SSSR count). The molecule has 0 saturated carbocycles. The molecule has 0 fully saturated rings. The summed E-state index contributed by atoms with van der Waals surface area (Å²) in [6.07, 6.45) is 1.72. The van der Waals surface area contributed by atoms with Crippen molar-refractivity contribution in [2.75, 3.05) is 24.2 Å². The van der Waals surface area contributed by atoms with E-state index in [4.69, 9.17) is 27.9 Å².